The molecule has 0 aromatic heterocycles. The van der Waals surface area contributed by atoms with E-state index < -0.39 is 22.2 Å². The molecule has 0 bridgehead atoms. The SMILES string of the molecule is COc1ccccc1S(=O)(=O)Nc1cccc(ON2CC(F)CC2C(=O)c2cc(C)ccc2C)c1. The van der Waals surface area contributed by atoms with Gasteiger partial charge in [0.1, 0.15) is 28.6 Å². The number of sulfonamides is 1. The molecule has 0 saturated carbocycles. The van der Waals surface area contributed by atoms with Crippen molar-refractivity contribution < 1.29 is 27.2 Å². The normalized spacial score (nSPS) is 18.3. The van der Waals surface area contributed by atoms with Crippen molar-refractivity contribution in [3.8, 4) is 11.5 Å². The predicted molar refractivity (Wildman–Crippen MR) is 131 cm³/mol. The van der Waals surface area contributed by atoms with Crippen LogP contribution in [-0.4, -0.2) is 45.1 Å². The highest BCUT2D eigenvalue weighted by molar-refractivity contribution is 7.92. The van der Waals surface area contributed by atoms with E-state index in [-0.39, 0.29) is 40.8 Å². The van der Waals surface area contributed by atoms with Crippen LogP contribution in [0.25, 0.3) is 0 Å². The number of nitrogens with one attached hydrogen (secondary N) is 1. The summed E-state index contributed by atoms with van der Waals surface area (Å²) in [4.78, 5) is 19.1. The number of benzene rings is 3. The van der Waals surface area contributed by atoms with Crippen LogP contribution in [-0.2, 0) is 10.0 Å². The standard InChI is InChI=1S/C26H27FN2O5S/c1-17-11-12-18(2)22(13-17)26(30)23-14-19(27)16-29(23)34-21-8-6-7-20(15-21)28-35(31,32)25-10-5-4-9-24(25)33-3/h4-13,15,19,23,28H,14,16H2,1-3H3. The number of para-hydroxylation sites is 1. The maximum atomic E-state index is 14.4. The van der Waals surface area contributed by atoms with Gasteiger partial charge in [0.25, 0.3) is 10.0 Å². The summed E-state index contributed by atoms with van der Waals surface area (Å²) in [7, 11) is -2.54. The van der Waals surface area contributed by atoms with E-state index in [1.165, 1.54) is 24.3 Å². The monoisotopic (exact) mass is 498 g/mol. The third-order valence-corrected chi connectivity index (χ3v) is 7.25. The zero-order valence-corrected chi connectivity index (χ0v) is 20.5. The van der Waals surface area contributed by atoms with Crippen LogP contribution in [0.4, 0.5) is 10.1 Å². The van der Waals surface area contributed by atoms with Crippen LogP contribution in [0.1, 0.15) is 27.9 Å². The van der Waals surface area contributed by atoms with Crippen molar-refractivity contribution in [2.75, 3.05) is 18.4 Å². The molecule has 3 aromatic rings. The van der Waals surface area contributed by atoms with E-state index in [9.17, 15) is 17.6 Å². The molecule has 0 spiro atoms. The van der Waals surface area contributed by atoms with Crippen LogP contribution in [0.2, 0.25) is 0 Å². The van der Waals surface area contributed by atoms with Crippen molar-refractivity contribution in [2.45, 2.75) is 37.4 Å². The van der Waals surface area contributed by atoms with Gasteiger partial charge in [-0.1, -0.05) is 35.9 Å². The molecular formula is C26H27FN2O5S. The maximum Gasteiger partial charge on any atom is 0.265 e. The summed E-state index contributed by atoms with van der Waals surface area (Å²) in [5, 5.41) is 1.34. The number of methoxy groups -OCH3 is 1. The zero-order chi connectivity index (χ0) is 25.2. The van der Waals surface area contributed by atoms with Gasteiger partial charge in [0.2, 0.25) is 0 Å². The highest BCUT2D eigenvalue weighted by Crippen LogP contribution is 2.30. The average Bonchev–Trinajstić information content (AvgIpc) is 3.19. The Morgan fingerprint density at radius 2 is 1.83 bits per heavy atom. The van der Waals surface area contributed by atoms with Gasteiger partial charge in [-0.05, 0) is 49.7 Å². The van der Waals surface area contributed by atoms with E-state index in [4.69, 9.17) is 9.57 Å². The third-order valence-electron chi connectivity index (χ3n) is 5.83. The molecule has 3 aromatic carbocycles. The van der Waals surface area contributed by atoms with Crippen LogP contribution >= 0.6 is 0 Å². The lowest BCUT2D eigenvalue weighted by molar-refractivity contribution is -0.0632. The zero-order valence-electron chi connectivity index (χ0n) is 19.7. The largest absolute Gasteiger partial charge is 0.495 e. The lowest BCUT2D eigenvalue weighted by Crippen LogP contribution is -2.39. The van der Waals surface area contributed by atoms with Crippen LogP contribution in [0.3, 0.4) is 0 Å². The van der Waals surface area contributed by atoms with Gasteiger partial charge in [-0.2, -0.15) is 0 Å². The molecule has 184 valence electrons. The molecule has 0 radical (unpaired) electrons. The first-order valence-electron chi connectivity index (χ1n) is 11.1. The fraction of sp³-hybridized carbons (Fsp3) is 0.269. The number of hydrogen-bond acceptors (Lipinski definition) is 6. The molecule has 1 heterocycles. The molecule has 1 fully saturated rings. The Labute approximate surface area is 204 Å². The Kier molecular flexibility index (Phi) is 7.09. The van der Waals surface area contributed by atoms with Crippen molar-refractivity contribution in [2.24, 2.45) is 0 Å². The van der Waals surface area contributed by atoms with Crippen molar-refractivity contribution in [1.29, 1.82) is 0 Å². The number of hydroxylamine groups is 2. The smallest absolute Gasteiger partial charge is 0.265 e. The van der Waals surface area contributed by atoms with Crippen molar-refractivity contribution in [3.63, 3.8) is 0 Å². The van der Waals surface area contributed by atoms with Gasteiger partial charge in [-0.3, -0.25) is 9.52 Å². The summed E-state index contributed by atoms with van der Waals surface area (Å²) >= 11 is 0. The quantitative estimate of drug-likeness (QED) is 0.453. The molecule has 1 saturated heterocycles. The van der Waals surface area contributed by atoms with Crippen LogP contribution in [0.15, 0.2) is 71.6 Å². The number of hydrogen-bond donors (Lipinski definition) is 1. The van der Waals surface area contributed by atoms with Crippen LogP contribution in [0, 0.1) is 13.8 Å². The number of alkyl halides is 1. The summed E-state index contributed by atoms with van der Waals surface area (Å²) in [6.07, 6.45) is -1.20. The Hall–Kier alpha value is -3.43. The van der Waals surface area contributed by atoms with Gasteiger partial charge < -0.3 is 9.57 Å². The fourth-order valence-electron chi connectivity index (χ4n) is 4.08. The molecular weight excluding hydrogens is 471 g/mol. The lowest BCUT2D eigenvalue weighted by Gasteiger charge is -2.24. The average molecular weight is 499 g/mol. The van der Waals surface area contributed by atoms with Gasteiger partial charge in [0, 0.05) is 18.1 Å². The first kappa shape index (κ1) is 24.7. The predicted octanol–water partition coefficient (Wildman–Crippen LogP) is 4.70. The summed E-state index contributed by atoms with van der Waals surface area (Å²) in [5.74, 6) is 0.281. The molecule has 7 nitrogen and oxygen atoms in total. The minimum atomic E-state index is -3.94. The molecule has 35 heavy (non-hydrogen) atoms. The Bertz CT molecular complexity index is 1350. The number of nitrogens with zero attached hydrogens (tertiary/aromatic N) is 1. The topological polar surface area (TPSA) is 84.9 Å². The number of ether oxygens (including phenoxy) is 1. The van der Waals surface area contributed by atoms with E-state index in [0.29, 0.717) is 5.56 Å². The molecule has 9 heteroatoms. The number of ketones is 1. The third kappa shape index (κ3) is 5.47. The first-order chi connectivity index (χ1) is 16.7. The van der Waals surface area contributed by atoms with E-state index in [0.717, 1.165) is 11.1 Å². The summed E-state index contributed by atoms with van der Waals surface area (Å²) in [6.45, 7) is 3.67. The molecule has 0 aliphatic carbocycles. The minimum absolute atomic E-state index is 0.00665. The summed E-state index contributed by atoms with van der Waals surface area (Å²) < 4.78 is 47.8. The number of anilines is 1. The molecule has 0 amide bonds. The van der Waals surface area contributed by atoms with Crippen molar-refractivity contribution in [3.05, 3.63) is 83.4 Å². The summed E-state index contributed by atoms with van der Waals surface area (Å²) in [5.41, 5.74) is 2.55. The molecule has 1 aliphatic rings. The number of halogens is 1. The minimum Gasteiger partial charge on any atom is -0.495 e. The highest BCUT2D eigenvalue weighted by atomic mass is 32.2. The van der Waals surface area contributed by atoms with E-state index in [1.54, 1.807) is 42.5 Å². The molecule has 2 unspecified atom stereocenters. The Balaban J connectivity index is 1.54. The van der Waals surface area contributed by atoms with Gasteiger partial charge in [-0.15, -0.1) is 5.06 Å². The van der Waals surface area contributed by atoms with Gasteiger partial charge in [0.15, 0.2) is 5.78 Å². The highest BCUT2D eigenvalue weighted by Gasteiger charge is 2.39. The number of carbonyl (C=O) groups excluding carboxylic acids is 1. The second kappa shape index (κ2) is 10.1. The number of Topliss-reactive ketones (excluding diaryl/α,β-unsaturated/α-hetero) is 1. The second-order valence-electron chi connectivity index (χ2n) is 8.51. The molecule has 1 N–H and O–H groups in total. The molecule has 2 atom stereocenters. The van der Waals surface area contributed by atoms with Crippen molar-refractivity contribution >= 4 is 21.5 Å². The summed E-state index contributed by atoms with van der Waals surface area (Å²) in [6, 6.07) is 17.4. The van der Waals surface area contributed by atoms with E-state index >= 15 is 0 Å². The number of carbonyl (C=O) groups is 1. The molecule has 4 rings (SSSR count). The number of aryl methyl sites for hydroxylation is 2. The van der Waals surface area contributed by atoms with Gasteiger partial charge >= 0.3 is 0 Å². The second-order valence-corrected chi connectivity index (χ2v) is 10.2. The Morgan fingerprint density at radius 1 is 1.06 bits per heavy atom. The molecule has 1 aliphatic heterocycles. The first-order valence-corrected chi connectivity index (χ1v) is 12.6. The number of rotatable bonds is 8. The van der Waals surface area contributed by atoms with Crippen molar-refractivity contribution in [1.82, 2.24) is 5.06 Å². The van der Waals surface area contributed by atoms with Crippen LogP contribution in [0.5, 0.6) is 11.5 Å². The van der Waals surface area contributed by atoms with Crippen LogP contribution < -0.4 is 14.3 Å². The van der Waals surface area contributed by atoms with E-state index in [1.807, 2.05) is 26.0 Å². The van der Waals surface area contributed by atoms with E-state index in [2.05, 4.69) is 4.72 Å². The van der Waals surface area contributed by atoms with Gasteiger partial charge in [0.05, 0.1) is 19.3 Å². The maximum absolute atomic E-state index is 14.4. The Morgan fingerprint density at radius 3 is 2.60 bits per heavy atom. The fourth-order valence-corrected chi connectivity index (χ4v) is 5.30. The van der Waals surface area contributed by atoms with Gasteiger partial charge in [-0.25, -0.2) is 12.8 Å². The lowest BCUT2D eigenvalue weighted by atomic mass is 9.96.